The van der Waals surface area contributed by atoms with Crippen LogP contribution in [0.2, 0.25) is 0 Å². The smallest absolute Gasteiger partial charge is 0.162 e. The molecule has 0 aliphatic carbocycles. The molecule has 32 heavy (non-hydrogen) atoms. The molecule has 3 saturated heterocycles. The van der Waals surface area contributed by atoms with Crippen LogP contribution in [0.1, 0.15) is 66.7 Å². The lowest BCUT2D eigenvalue weighted by Crippen LogP contribution is -2.55. The van der Waals surface area contributed by atoms with Gasteiger partial charge in [-0.15, -0.1) is 0 Å². The summed E-state index contributed by atoms with van der Waals surface area (Å²) in [6.07, 6.45) is 5.08. The molecular weight excluding hydrogens is 428 g/mol. The largest absolute Gasteiger partial charge is 0.379 e. The van der Waals surface area contributed by atoms with E-state index in [1.807, 2.05) is 0 Å². The lowest BCUT2D eigenvalue weighted by molar-refractivity contribution is -0.231. The van der Waals surface area contributed by atoms with Crippen molar-refractivity contribution in [2.24, 2.45) is 5.41 Å². The third kappa shape index (κ3) is 6.89. The molecule has 0 N–H and O–H groups in total. The molecule has 8 heteroatoms. The van der Waals surface area contributed by atoms with Gasteiger partial charge in [-0.05, 0) is 52.9 Å². The van der Waals surface area contributed by atoms with Crippen molar-refractivity contribution in [3.63, 3.8) is 0 Å². The summed E-state index contributed by atoms with van der Waals surface area (Å²) in [7, 11) is -2.86. The van der Waals surface area contributed by atoms with Crippen molar-refractivity contribution in [2.45, 2.75) is 84.1 Å². The molecule has 0 aromatic heterocycles. The second-order valence-electron chi connectivity index (χ2n) is 11.5. The number of nitrogens with zero attached hydrogens (tertiary/aromatic N) is 2. The second kappa shape index (κ2) is 10.6. The molecule has 188 valence electrons. The van der Waals surface area contributed by atoms with Crippen LogP contribution in [0.15, 0.2) is 0 Å². The Bertz CT molecular complexity index is 685. The Morgan fingerprint density at radius 2 is 1.31 bits per heavy atom. The topological polar surface area (TPSA) is 68.3 Å². The molecule has 0 spiro atoms. The summed E-state index contributed by atoms with van der Waals surface area (Å²) in [5.74, 6) is 0.569. The first-order valence-corrected chi connectivity index (χ1v) is 14.3. The van der Waals surface area contributed by atoms with Gasteiger partial charge in [0.2, 0.25) is 0 Å². The van der Waals surface area contributed by atoms with Crippen LogP contribution in [0.5, 0.6) is 0 Å². The average Bonchev–Trinajstić information content (AvgIpc) is 2.77. The zero-order chi connectivity index (χ0) is 23.5. The molecule has 0 radical (unpaired) electrons. The molecule has 3 rings (SSSR count). The molecule has 3 fully saturated rings. The first-order valence-electron chi connectivity index (χ1n) is 12.5. The van der Waals surface area contributed by atoms with Crippen molar-refractivity contribution >= 4 is 9.84 Å². The molecule has 0 saturated carbocycles. The van der Waals surface area contributed by atoms with Crippen LogP contribution in [0.3, 0.4) is 0 Å². The molecule has 1 atom stereocenters. The number of rotatable bonds is 9. The van der Waals surface area contributed by atoms with Crippen LogP contribution in [-0.2, 0) is 24.0 Å². The lowest BCUT2D eigenvalue weighted by atomic mass is 9.77. The fraction of sp³-hybridized carbons (Fsp3) is 1.00. The quantitative estimate of drug-likeness (QED) is 0.509. The standard InChI is InChI=1S/C24H46N2O5S/c1-22(2,21-30-15-6-16-31-21)7-9-24(5,26-11-17-29-18-12-26)10-8-23(3,4)25-13-19-32(27,28)20-14-25/h21H,6-20H2,1-5H3. The van der Waals surface area contributed by atoms with E-state index in [0.717, 1.165) is 71.6 Å². The minimum atomic E-state index is -2.86. The molecule has 1 unspecified atom stereocenters. The Balaban J connectivity index is 1.65. The van der Waals surface area contributed by atoms with Crippen molar-refractivity contribution in [2.75, 3.05) is 64.1 Å². The maximum atomic E-state index is 11.9. The second-order valence-corrected chi connectivity index (χ2v) is 13.8. The van der Waals surface area contributed by atoms with E-state index in [1.165, 1.54) is 0 Å². The van der Waals surface area contributed by atoms with Gasteiger partial charge in [-0.25, -0.2) is 8.42 Å². The highest BCUT2D eigenvalue weighted by Crippen LogP contribution is 2.39. The zero-order valence-electron chi connectivity index (χ0n) is 21.0. The summed E-state index contributed by atoms with van der Waals surface area (Å²) in [6.45, 7) is 17.9. The summed E-state index contributed by atoms with van der Waals surface area (Å²) < 4.78 is 41.3. The average molecular weight is 475 g/mol. The fourth-order valence-corrected chi connectivity index (χ4v) is 6.44. The van der Waals surface area contributed by atoms with Crippen molar-refractivity contribution in [3.8, 4) is 0 Å². The molecule has 3 heterocycles. The highest BCUT2D eigenvalue weighted by atomic mass is 32.2. The molecule has 0 aromatic rings. The predicted molar refractivity (Wildman–Crippen MR) is 128 cm³/mol. The van der Waals surface area contributed by atoms with E-state index in [1.54, 1.807) is 0 Å². The van der Waals surface area contributed by atoms with Crippen molar-refractivity contribution in [1.29, 1.82) is 0 Å². The predicted octanol–water partition coefficient (Wildman–Crippen LogP) is 2.94. The van der Waals surface area contributed by atoms with Gasteiger partial charge in [0.1, 0.15) is 0 Å². The van der Waals surface area contributed by atoms with Crippen LogP contribution >= 0.6 is 0 Å². The lowest BCUT2D eigenvalue weighted by Gasteiger charge is -2.48. The summed E-state index contributed by atoms with van der Waals surface area (Å²) in [5, 5.41) is 0. The molecule has 3 aliphatic heterocycles. The Hall–Kier alpha value is -0.250. The van der Waals surface area contributed by atoms with Crippen LogP contribution in [0.25, 0.3) is 0 Å². The molecule has 0 amide bonds. The number of hydrogen-bond donors (Lipinski definition) is 0. The van der Waals surface area contributed by atoms with Gasteiger partial charge in [0.15, 0.2) is 16.1 Å². The van der Waals surface area contributed by atoms with Gasteiger partial charge in [-0.3, -0.25) is 9.80 Å². The van der Waals surface area contributed by atoms with Gasteiger partial charge in [-0.1, -0.05) is 13.8 Å². The van der Waals surface area contributed by atoms with Crippen LogP contribution in [0, 0.1) is 5.41 Å². The Morgan fingerprint density at radius 3 is 1.91 bits per heavy atom. The third-order valence-electron chi connectivity index (χ3n) is 8.02. The monoisotopic (exact) mass is 474 g/mol. The summed E-state index contributed by atoms with van der Waals surface area (Å²) in [4.78, 5) is 4.99. The maximum Gasteiger partial charge on any atom is 0.162 e. The van der Waals surface area contributed by atoms with Crippen LogP contribution < -0.4 is 0 Å². The summed E-state index contributed by atoms with van der Waals surface area (Å²) in [6, 6.07) is 0. The molecular formula is C24H46N2O5S. The van der Waals surface area contributed by atoms with Crippen LogP contribution in [0.4, 0.5) is 0 Å². The normalized spacial score (nSPS) is 26.7. The minimum Gasteiger partial charge on any atom is -0.379 e. The van der Waals surface area contributed by atoms with Gasteiger partial charge >= 0.3 is 0 Å². The van der Waals surface area contributed by atoms with Gasteiger partial charge in [-0.2, -0.15) is 0 Å². The van der Waals surface area contributed by atoms with E-state index in [2.05, 4.69) is 44.4 Å². The van der Waals surface area contributed by atoms with Gasteiger partial charge < -0.3 is 14.2 Å². The van der Waals surface area contributed by atoms with E-state index in [-0.39, 0.29) is 34.3 Å². The van der Waals surface area contributed by atoms with E-state index >= 15 is 0 Å². The Labute approximate surface area is 196 Å². The first-order chi connectivity index (χ1) is 14.9. The van der Waals surface area contributed by atoms with E-state index in [0.29, 0.717) is 13.1 Å². The summed E-state index contributed by atoms with van der Waals surface area (Å²) in [5.41, 5.74) is 0.00810. The van der Waals surface area contributed by atoms with E-state index in [4.69, 9.17) is 14.2 Å². The Morgan fingerprint density at radius 1 is 0.750 bits per heavy atom. The highest BCUT2D eigenvalue weighted by molar-refractivity contribution is 7.91. The number of morpholine rings is 1. The fourth-order valence-electron chi connectivity index (χ4n) is 5.24. The number of hydrogen-bond acceptors (Lipinski definition) is 7. The Kier molecular flexibility index (Phi) is 8.70. The number of sulfone groups is 1. The van der Waals surface area contributed by atoms with Crippen molar-refractivity contribution in [3.05, 3.63) is 0 Å². The SMILES string of the molecule is CC(C)(CCC(C)(CCC(C)(C)N1CCS(=O)(=O)CC1)N1CCOCC1)C1OCCCO1. The minimum absolute atomic E-state index is 0.0192. The first kappa shape index (κ1) is 26.4. The van der Waals surface area contributed by atoms with Crippen LogP contribution in [-0.4, -0.2) is 99.7 Å². The molecule has 0 aromatic carbocycles. The molecule has 7 nitrogen and oxygen atoms in total. The molecule has 3 aliphatic rings. The van der Waals surface area contributed by atoms with Gasteiger partial charge in [0.05, 0.1) is 37.9 Å². The van der Waals surface area contributed by atoms with Gasteiger partial charge in [0.25, 0.3) is 0 Å². The van der Waals surface area contributed by atoms with Gasteiger partial charge in [0, 0.05) is 42.7 Å². The summed E-state index contributed by atoms with van der Waals surface area (Å²) >= 11 is 0. The van der Waals surface area contributed by atoms with Crippen molar-refractivity contribution < 1.29 is 22.6 Å². The van der Waals surface area contributed by atoms with Crippen molar-refractivity contribution in [1.82, 2.24) is 9.80 Å². The van der Waals surface area contributed by atoms with E-state index < -0.39 is 9.84 Å². The number of ether oxygens (including phenoxy) is 3. The third-order valence-corrected chi connectivity index (χ3v) is 9.63. The molecule has 0 bridgehead atoms. The van der Waals surface area contributed by atoms with E-state index in [9.17, 15) is 8.42 Å². The zero-order valence-corrected chi connectivity index (χ0v) is 21.8. The maximum absolute atomic E-state index is 11.9. The highest BCUT2D eigenvalue weighted by Gasteiger charge is 2.40.